The van der Waals surface area contributed by atoms with E-state index in [1.165, 1.54) is 4.90 Å². The number of nitrogens with zero attached hydrogens (tertiary/aromatic N) is 1. The molecule has 0 aromatic heterocycles. The molecule has 2 amide bonds. The fourth-order valence-electron chi connectivity index (χ4n) is 2.21. The second-order valence-corrected chi connectivity index (χ2v) is 9.20. The van der Waals surface area contributed by atoms with Gasteiger partial charge in [0, 0.05) is 21.7 Å². The van der Waals surface area contributed by atoms with Crippen LogP contribution >= 0.6 is 34.2 Å². The van der Waals surface area contributed by atoms with E-state index in [-0.39, 0.29) is 36.4 Å². The molecule has 1 aromatic carbocycles. The van der Waals surface area contributed by atoms with Crippen LogP contribution in [0.4, 0.5) is 0 Å². The maximum Gasteiger partial charge on any atom is 0.253 e. The molecule has 0 bridgehead atoms. The molecule has 0 spiro atoms. The lowest BCUT2D eigenvalue weighted by atomic mass is 10.2. The summed E-state index contributed by atoms with van der Waals surface area (Å²) < 4.78 is 23.5. The van der Waals surface area contributed by atoms with Crippen LogP contribution in [0, 0.1) is 3.57 Å². The topological polar surface area (TPSA) is 83.6 Å². The standard InChI is InChI=1S/C14H16ClIN2O4S/c1-9(14(20)18-4-6-23(21,22)7-5-18)17-13(19)11-8-10(15)2-3-12(11)16/h2-3,8-9H,4-7H2,1H3,(H,17,19). The highest BCUT2D eigenvalue weighted by atomic mass is 127. The third-order valence-electron chi connectivity index (χ3n) is 3.55. The summed E-state index contributed by atoms with van der Waals surface area (Å²) in [5.74, 6) is -0.746. The summed E-state index contributed by atoms with van der Waals surface area (Å²) in [5.41, 5.74) is 0.402. The fraction of sp³-hybridized carbons (Fsp3) is 0.429. The summed E-state index contributed by atoms with van der Waals surface area (Å²) >= 11 is 7.91. The number of carbonyl (C=O) groups is 2. The molecule has 1 aromatic rings. The molecule has 1 aliphatic heterocycles. The predicted molar refractivity (Wildman–Crippen MR) is 96.3 cm³/mol. The highest BCUT2D eigenvalue weighted by molar-refractivity contribution is 14.1. The quantitative estimate of drug-likeness (QED) is 0.676. The highest BCUT2D eigenvalue weighted by Crippen LogP contribution is 2.18. The van der Waals surface area contributed by atoms with Gasteiger partial charge in [0.05, 0.1) is 17.1 Å². The molecule has 2 rings (SSSR count). The van der Waals surface area contributed by atoms with E-state index in [2.05, 4.69) is 5.32 Å². The largest absolute Gasteiger partial charge is 0.340 e. The van der Waals surface area contributed by atoms with Gasteiger partial charge in [0.25, 0.3) is 5.91 Å². The van der Waals surface area contributed by atoms with Crippen molar-refractivity contribution in [1.82, 2.24) is 10.2 Å². The molecule has 9 heteroatoms. The number of amides is 2. The van der Waals surface area contributed by atoms with Crippen LogP contribution in [-0.4, -0.2) is 55.8 Å². The van der Waals surface area contributed by atoms with Gasteiger partial charge < -0.3 is 10.2 Å². The molecule has 1 aliphatic rings. The van der Waals surface area contributed by atoms with E-state index in [0.29, 0.717) is 10.6 Å². The number of hydrogen-bond donors (Lipinski definition) is 1. The number of benzene rings is 1. The van der Waals surface area contributed by atoms with Crippen molar-refractivity contribution in [3.05, 3.63) is 32.4 Å². The Hall–Kier alpha value is -0.870. The average molecular weight is 471 g/mol. The number of hydrogen-bond acceptors (Lipinski definition) is 4. The maximum atomic E-state index is 12.3. The van der Waals surface area contributed by atoms with Crippen LogP contribution in [-0.2, 0) is 14.6 Å². The van der Waals surface area contributed by atoms with Gasteiger partial charge in [-0.3, -0.25) is 9.59 Å². The highest BCUT2D eigenvalue weighted by Gasteiger charge is 2.28. The Labute approximate surface area is 153 Å². The van der Waals surface area contributed by atoms with Gasteiger partial charge in [-0.2, -0.15) is 0 Å². The Morgan fingerprint density at radius 1 is 1.30 bits per heavy atom. The van der Waals surface area contributed by atoms with Crippen molar-refractivity contribution in [2.24, 2.45) is 0 Å². The van der Waals surface area contributed by atoms with Crippen molar-refractivity contribution in [2.75, 3.05) is 24.6 Å². The van der Waals surface area contributed by atoms with E-state index < -0.39 is 15.9 Å². The summed E-state index contributed by atoms with van der Waals surface area (Å²) in [4.78, 5) is 26.1. The van der Waals surface area contributed by atoms with E-state index in [1.54, 1.807) is 25.1 Å². The minimum Gasteiger partial charge on any atom is -0.340 e. The van der Waals surface area contributed by atoms with E-state index in [9.17, 15) is 18.0 Å². The number of nitrogens with one attached hydrogen (secondary N) is 1. The van der Waals surface area contributed by atoms with Crippen molar-refractivity contribution in [3.63, 3.8) is 0 Å². The van der Waals surface area contributed by atoms with Crippen LogP contribution in [0.1, 0.15) is 17.3 Å². The molecule has 23 heavy (non-hydrogen) atoms. The lowest BCUT2D eigenvalue weighted by Crippen LogP contribution is -2.51. The third-order valence-corrected chi connectivity index (χ3v) is 6.33. The molecule has 0 aliphatic carbocycles. The number of sulfone groups is 1. The number of halogens is 2. The summed E-state index contributed by atoms with van der Waals surface area (Å²) in [6.45, 7) is 1.91. The van der Waals surface area contributed by atoms with Crippen molar-refractivity contribution in [2.45, 2.75) is 13.0 Å². The second-order valence-electron chi connectivity index (χ2n) is 5.30. The van der Waals surface area contributed by atoms with Gasteiger partial charge in [0.15, 0.2) is 9.84 Å². The summed E-state index contributed by atoms with van der Waals surface area (Å²) in [6, 6.07) is 4.21. The fourth-order valence-corrected chi connectivity index (χ4v) is 4.17. The minimum atomic E-state index is -3.05. The van der Waals surface area contributed by atoms with Gasteiger partial charge in [-0.1, -0.05) is 11.6 Å². The Bertz CT molecular complexity index is 724. The molecule has 0 saturated carbocycles. The Kier molecular flexibility index (Phi) is 5.90. The van der Waals surface area contributed by atoms with Crippen molar-refractivity contribution in [3.8, 4) is 0 Å². The first-order chi connectivity index (χ1) is 10.7. The zero-order valence-corrected chi connectivity index (χ0v) is 16.1. The van der Waals surface area contributed by atoms with E-state index in [1.807, 2.05) is 22.6 Å². The zero-order valence-electron chi connectivity index (χ0n) is 12.4. The summed E-state index contributed by atoms with van der Waals surface area (Å²) in [5, 5.41) is 3.08. The number of carbonyl (C=O) groups excluding carboxylic acids is 2. The SMILES string of the molecule is CC(NC(=O)c1cc(Cl)ccc1I)C(=O)N1CCS(=O)(=O)CC1. The van der Waals surface area contributed by atoms with Gasteiger partial charge in [-0.15, -0.1) is 0 Å². The normalized spacial score (nSPS) is 18.3. The first-order valence-corrected chi connectivity index (χ1v) is 10.2. The first kappa shape index (κ1) is 18.5. The van der Waals surface area contributed by atoms with Gasteiger partial charge in [0.1, 0.15) is 6.04 Å². The predicted octanol–water partition coefficient (Wildman–Crippen LogP) is 1.32. The van der Waals surface area contributed by atoms with E-state index in [4.69, 9.17) is 11.6 Å². The number of rotatable bonds is 3. The lowest BCUT2D eigenvalue weighted by Gasteiger charge is -2.29. The monoisotopic (exact) mass is 470 g/mol. The van der Waals surface area contributed by atoms with Gasteiger partial charge >= 0.3 is 0 Å². The van der Waals surface area contributed by atoms with Crippen molar-refractivity contribution >= 4 is 55.8 Å². The molecule has 1 unspecified atom stereocenters. The second kappa shape index (κ2) is 7.35. The van der Waals surface area contributed by atoms with Crippen LogP contribution in [0.3, 0.4) is 0 Å². The van der Waals surface area contributed by atoms with Crippen LogP contribution in [0.5, 0.6) is 0 Å². The zero-order chi connectivity index (χ0) is 17.2. The Morgan fingerprint density at radius 2 is 1.91 bits per heavy atom. The smallest absolute Gasteiger partial charge is 0.253 e. The first-order valence-electron chi connectivity index (χ1n) is 6.95. The summed E-state index contributed by atoms with van der Waals surface area (Å²) in [6.07, 6.45) is 0. The lowest BCUT2D eigenvalue weighted by molar-refractivity contribution is -0.132. The van der Waals surface area contributed by atoms with Crippen LogP contribution in [0.2, 0.25) is 5.02 Å². The summed E-state index contributed by atoms with van der Waals surface area (Å²) in [7, 11) is -3.05. The van der Waals surface area contributed by atoms with Crippen LogP contribution in [0.25, 0.3) is 0 Å². The molecular weight excluding hydrogens is 455 g/mol. The Morgan fingerprint density at radius 3 is 2.52 bits per heavy atom. The van der Waals surface area contributed by atoms with Crippen molar-refractivity contribution < 1.29 is 18.0 Å². The molecule has 6 nitrogen and oxygen atoms in total. The Balaban J connectivity index is 2.01. The third kappa shape index (κ3) is 4.80. The molecule has 0 radical (unpaired) electrons. The van der Waals surface area contributed by atoms with Gasteiger partial charge in [-0.25, -0.2) is 8.42 Å². The van der Waals surface area contributed by atoms with E-state index in [0.717, 1.165) is 3.57 Å². The molecule has 1 fully saturated rings. The molecule has 1 heterocycles. The molecule has 1 atom stereocenters. The van der Waals surface area contributed by atoms with Crippen LogP contribution in [0.15, 0.2) is 18.2 Å². The minimum absolute atomic E-state index is 0.0361. The van der Waals surface area contributed by atoms with Gasteiger partial charge in [0.2, 0.25) is 5.91 Å². The average Bonchev–Trinajstić information content (AvgIpc) is 2.48. The molecule has 126 valence electrons. The molecule has 1 N–H and O–H groups in total. The van der Waals surface area contributed by atoms with Crippen LogP contribution < -0.4 is 5.32 Å². The molecular formula is C14H16ClIN2O4S. The molecule has 1 saturated heterocycles. The maximum absolute atomic E-state index is 12.3. The van der Waals surface area contributed by atoms with Crippen molar-refractivity contribution in [1.29, 1.82) is 0 Å². The van der Waals surface area contributed by atoms with Gasteiger partial charge in [-0.05, 0) is 47.7 Å². The van der Waals surface area contributed by atoms with E-state index >= 15 is 0 Å².